The van der Waals surface area contributed by atoms with Crippen LogP contribution in [0.5, 0.6) is 0 Å². The number of nitrogens with zero attached hydrogens (tertiary/aromatic N) is 2. The Kier molecular flexibility index (Phi) is 6.63. The van der Waals surface area contributed by atoms with Gasteiger partial charge in [-0.1, -0.05) is 23.8 Å². The minimum atomic E-state index is -0.1000. The van der Waals surface area contributed by atoms with Gasteiger partial charge in [0.05, 0.1) is 6.42 Å². The van der Waals surface area contributed by atoms with Gasteiger partial charge < -0.3 is 14.8 Å². The van der Waals surface area contributed by atoms with E-state index in [0.29, 0.717) is 37.0 Å². The molecule has 0 spiro atoms. The molecule has 1 fully saturated rings. The van der Waals surface area contributed by atoms with Crippen molar-refractivity contribution in [3.05, 3.63) is 75.2 Å². The van der Waals surface area contributed by atoms with Crippen molar-refractivity contribution in [3.63, 3.8) is 0 Å². The molecule has 2 aromatic carbocycles. The summed E-state index contributed by atoms with van der Waals surface area (Å²) in [6.45, 7) is 8.17. The van der Waals surface area contributed by atoms with Crippen LogP contribution in [-0.4, -0.2) is 34.4 Å². The Morgan fingerprint density at radius 3 is 2.45 bits per heavy atom. The van der Waals surface area contributed by atoms with E-state index in [0.717, 1.165) is 41.5 Å². The van der Waals surface area contributed by atoms with E-state index in [2.05, 4.69) is 24.4 Å². The number of hydrogen-bond acceptors (Lipinski definition) is 3. The van der Waals surface area contributed by atoms with Gasteiger partial charge in [0.1, 0.15) is 0 Å². The molecule has 1 N–H and O–H groups in total. The molecule has 0 saturated carbocycles. The molecule has 0 atom stereocenters. The fraction of sp³-hybridized carbons (Fsp3) is 0.370. The minimum Gasteiger partial charge on any atom is -0.343 e. The lowest BCUT2D eigenvalue weighted by molar-refractivity contribution is -0.127. The van der Waals surface area contributed by atoms with Crippen LogP contribution < -0.4 is 10.9 Å². The highest BCUT2D eigenvalue weighted by molar-refractivity contribution is 6.02. The lowest BCUT2D eigenvalue weighted by Gasteiger charge is -2.16. The maximum Gasteiger partial charge on any atom is 0.258 e. The fourth-order valence-electron chi connectivity index (χ4n) is 4.82. The number of carbonyl (C=O) groups is 2. The summed E-state index contributed by atoms with van der Waals surface area (Å²) in [5.41, 5.74) is 5.01. The van der Waals surface area contributed by atoms with Crippen LogP contribution in [0.1, 0.15) is 41.5 Å². The van der Waals surface area contributed by atoms with Crippen LogP contribution in [0.3, 0.4) is 0 Å². The molecular weight excluding hydrogens is 414 g/mol. The van der Waals surface area contributed by atoms with Crippen molar-refractivity contribution in [1.29, 1.82) is 0 Å². The van der Waals surface area contributed by atoms with Crippen molar-refractivity contribution in [2.45, 2.75) is 53.0 Å². The first-order valence-corrected chi connectivity index (χ1v) is 11.6. The summed E-state index contributed by atoms with van der Waals surface area (Å²) in [4.78, 5) is 39.5. The number of aromatic nitrogens is 1. The Morgan fingerprint density at radius 2 is 1.76 bits per heavy atom. The Bertz CT molecular complexity index is 1250. The van der Waals surface area contributed by atoms with E-state index >= 15 is 0 Å². The van der Waals surface area contributed by atoms with Gasteiger partial charge in [0.2, 0.25) is 11.8 Å². The number of aryl methyl sites for hydroxylation is 4. The number of fused-ring (bicyclic) bond motifs is 1. The standard InChI is InChI=1S/C27H31N3O3/c1-18-15-19(2)23(20(3)16-18)17-25(31)28-24-8-4-7-22-21(24)10-14-30(27(22)33)13-6-12-29-11-5-9-26(29)32/h4,7-8,10,14-16H,5-6,9,11-13,17H2,1-3H3,(H,28,31). The van der Waals surface area contributed by atoms with E-state index in [9.17, 15) is 14.4 Å². The number of benzene rings is 2. The van der Waals surface area contributed by atoms with Crippen LogP contribution in [-0.2, 0) is 22.6 Å². The summed E-state index contributed by atoms with van der Waals surface area (Å²) in [6, 6.07) is 11.5. The number of pyridine rings is 1. The van der Waals surface area contributed by atoms with Gasteiger partial charge in [-0.15, -0.1) is 0 Å². The van der Waals surface area contributed by atoms with Gasteiger partial charge in [-0.2, -0.15) is 0 Å². The van der Waals surface area contributed by atoms with Crippen LogP contribution >= 0.6 is 0 Å². The van der Waals surface area contributed by atoms with Crippen LogP contribution in [0.2, 0.25) is 0 Å². The molecule has 1 saturated heterocycles. The average Bonchev–Trinajstić information content (AvgIpc) is 3.17. The zero-order chi connectivity index (χ0) is 23.5. The molecule has 0 unspecified atom stereocenters. The monoisotopic (exact) mass is 445 g/mol. The average molecular weight is 446 g/mol. The third-order valence-electron chi connectivity index (χ3n) is 6.47. The SMILES string of the molecule is Cc1cc(C)c(CC(=O)Nc2cccc3c(=O)n(CCCN4CCCC4=O)ccc23)c(C)c1. The molecule has 6 heteroatoms. The normalized spacial score (nSPS) is 13.7. The van der Waals surface area contributed by atoms with Gasteiger partial charge in [-0.3, -0.25) is 14.4 Å². The molecule has 0 aliphatic carbocycles. The number of hydrogen-bond donors (Lipinski definition) is 1. The second-order valence-electron chi connectivity index (χ2n) is 9.02. The van der Waals surface area contributed by atoms with Crippen LogP contribution in [0, 0.1) is 20.8 Å². The van der Waals surface area contributed by atoms with Gasteiger partial charge >= 0.3 is 0 Å². The van der Waals surface area contributed by atoms with Crippen LogP contribution in [0.15, 0.2) is 47.4 Å². The summed E-state index contributed by atoms with van der Waals surface area (Å²) in [6.07, 6.45) is 4.36. The van der Waals surface area contributed by atoms with E-state index < -0.39 is 0 Å². The first-order valence-electron chi connectivity index (χ1n) is 11.6. The van der Waals surface area contributed by atoms with Gasteiger partial charge in [-0.25, -0.2) is 0 Å². The molecule has 1 aliphatic heterocycles. The second kappa shape index (κ2) is 9.61. The first kappa shape index (κ1) is 22.8. The van der Waals surface area contributed by atoms with Crippen LogP contribution in [0.4, 0.5) is 5.69 Å². The zero-order valence-electron chi connectivity index (χ0n) is 19.6. The van der Waals surface area contributed by atoms with E-state index in [4.69, 9.17) is 0 Å². The first-order chi connectivity index (χ1) is 15.8. The fourth-order valence-corrected chi connectivity index (χ4v) is 4.82. The second-order valence-corrected chi connectivity index (χ2v) is 9.02. The molecule has 3 aromatic rings. The third kappa shape index (κ3) is 5.00. The van der Waals surface area contributed by atoms with Crippen molar-refractivity contribution in [1.82, 2.24) is 9.47 Å². The van der Waals surface area contributed by atoms with Crippen molar-refractivity contribution in [2.75, 3.05) is 18.4 Å². The van der Waals surface area contributed by atoms with Crippen LogP contribution in [0.25, 0.3) is 10.8 Å². The number of amides is 2. The minimum absolute atomic E-state index is 0.0819. The number of nitrogens with one attached hydrogen (secondary N) is 1. The highest BCUT2D eigenvalue weighted by atomic mass is 16.2. The van der Waals surface area contributed by atoms with E-state index in [1.807, 2.05) is 30.9 Å². The van der Waals surface area contributed by atoms with E-state index in [1.165, 1.54) is 5.56 Å². The summed E-state index contributed by atoms with van der Waals surface area (Å²) in [5, 5.41) is 4.32. The molecular formula is C27H31N3O3. The van der Waals surface area contributed by atoms with Crippen molar-refractivity contribution in [3.8, 4) is 0 Å². The Hall–Kier alpha value is -3.41. The van der Waals surface area contributed by atoms with Gasteiger partial charge in [0.25, 0.3) is 5.56 Å². The lowest BCUT2D eigenvalue weighted by atomic mass is 9.97. The summed E-state index contributed by atoms with van der Waals surface area (Å²) >= 11 is 0. The molecule has 0 bridgehead atoms. The predicted octanol–water partition coefficient (Wildman–Crippen LogP) is 4.12. The molecule has 4 rings (SSSR count). The molecule has 172 valence electrons. The molecule has 1 aromatic heterocycles. The number of rotatable bonds is 7. The number of carbonyl (C=O) groups excluding carboxylic acids is 2. The largest absolute Gasteiger partial charge is 0.343 e. The van der Waals surface area contributed by atoms with Crippen molar-refractivity contribution < 1.29 is 9.59 Å². The summed E-state index contributed by atoms with van der Waals surface area (Å²) in [5.74, 6) is 0.106. The lowest BCUT2D eigenvalue weighted by Crippen LogP contribution is -2.28. The number of likely N-dealkylation sites (tertiary alicyclic amines) is 1. The summed E-state index contributed by atoms with van der Waals surface area (Å²) in [7, 11) is 0. The maximum atomic E-state index is 13.0. The highest BCUT2D eigenvalue weighted by Crippen LogP contribution is 2.22. The maximum absolute atomic E-state index is 13.0. The van der Waals surface area contributed by atoms with Gasteiger partial charge in [-0.05, 0) is 68.5 Å². The summed E-state index contributed by atoms with van der Waals surface area (Å²) < 4.78 is 1.69. The quantitative estimate of drug-likeness (QED) is 0.595. The van der Waals surface area contributed by atoms with Gasteiger partial charge in [0, 0.05) is 48.7 Å². The highest BCUT2D eigenvalue weighted by Gasteiger charge is 2.19. The predicted molar refractivity (Wildman–Crippen MR) is 132 cm³/mol. The van der Waals surface area contributed by atoms with E-state index in [-0.39, 0.29) is 17.4 Å². The zero-order valence-corrected chi connectivity index (χ0v) is 19.6. The molecule has 1 aliphatic rings. The van der Waals surface area contributed by atoms with Gasteiger partial charge in [0.15, 0.2) is 0 Å². The molecule has 0 radical (unpaired) electrons. The van der Waals surface area contributed by atoms with Crippen molar-refractivity contribution in [2.24, 2.45) is 0 Å². The molecule has 33 heavy (non-hydrogen) atoms. The molecule has 6 nitrogen and oxygen atoms in total. The third-order valence-corrected chi connectivity index (χ3v) is 6.47. The smallest absolute Gasteiger partial charge is 0.258 e. The Balaban J connectivity index is 1.49. The molecule has 2 amide bonds. The Morgan fingerprint density at radius 1 is 1.00 bits per heavy atom. The topological polar surface area (TPSA) is 71.4 Å². The Labute approximate surface area is 194 Å². The van der Waals surface area contributed by atoms with E-state index in [1.54, 1.807) is 22.9 Å². The number of anilines is 1. The van der Waals surface area contributed by atoms with Crippen molar-refractivity contribution >= 4 is 28.3 Å². The molecule has 2 heterocycles.